The molecule has 0 saturated carbocycles. The van der Waals surface area contributed by atoms with E-state index in [2.05, 4.69) is 12.1 Å². The van der Waals surface area contributed by atoms with E-state index in [9.17, 15) is 4.79 Å². The number of rotatable bonds is 5. The second-order valence-electron chi connectivity index (χ2n) is 4.75. The monoisotopic (exact) mass is 240 g/mol. The molecule has 0 aliphatic rings. The van der Waals surface area contributed by atoms with Gasteiger partial charge in [-0.2, -0.15) is 0 Å². The molecule has 0 aliphatic heterocycles. The predicted octanol–water partition coefficient (Wildman–Crippen LogP) is 1.31. The molecule has 5 heteroatoms. The summed E-state index contributed by atoms with van der Waals surface area (Å²) < 4.78 is 8.96. The Balaban J connectivity index is 2.89. The van der Waals surface area contributed by atoms with Crippen molar-refractivity contribution in [1.29, 1.82) is 0 Å². The molecule has 0 spiro atoms. The molecule has 1 aromatic heterocycles. The molecule has 0 aromatic carbocycles. The molecule has 0 aliphatic carbocycles. The largest absolute Gasteiger partial charge is 0.451 e. The van der Waals surface area contributed by atoms with Crippen LogP contribution < -0.4 is 4.68 Å². The molecule has 96 valence electrons. The number of aromatic nitrogens is 3. The smallest absolute Gasteiger partial charge is 0.303 e. The molecule has 17 heavy (non-hydrogen) atoms. The highest BCUT2D eigenvalue weighted by Crippen LogP contribution is 2.22. The van der Waals surface area contributed by atoms with E-state index in [0.717, 1.165) is 25.1 Å². The summed E-state index contributed by atoms with van der Waals surface area (Å²) in [6, 6.07) is 0. The predicted molar refractivity (Wildman–Crippen MR) is 63.1 cm³/mol. The van der Waals surface area contributed by atoms with Crippen LogP contribution in [0.15, 0.2) is 6.20 Å². The fourth-order valence-corrected chi connectivity index (χ4v) is 1.86. The Morgan fingerprint density at radius 2 is 2.24 bits per heavy atom. The Labute approximate surface area is 102 Å². The van der Waals surface area contributed by atoms with Crippen molar-refractivity contribution in [3.63, 3.8) is 0 Å². The molecule has 1 aromatic rings. The molecule has 0 radical (unpaired) electrons. The molecule has 0 atom stereocenters. The second-order valence-corrected chi connectivity index (χ2v) is 4.75. The molecule has 5 nitrogen and oxygen atoms in total. The number of esters is 1. The summed E-state index contributed by atoms with van der Waals surface area (Å²) in [4.78, 5) is 11.1. The van der Waals surface area contributed by atoms with E-state index >= 15 is 0 Å². The Morgan fingerprint density at radius 3 is 2.76 bits per heavy atom. The van der Waals surface area contributed by atoms with E-state index < -0.39 is 5.60 Å². The zero-order chi connectivity index (χ0) is 13.1. The number of carbonyl (C=O) groups excluding carboxylic acids is 1. The van der Waals surface area contributed by atoms with Crippen LogP contribution in [0.2, 0.25) is 0 Å². The summed E-state index contributed by atoms with van der Waals surface area (Å²) in [7, 11) is 1.86. The van der Waals surface area contributed by atoms with Crippen LogP contribution in [-0.4, -0.2) is 15.9 Å². The van der Waals surface area contributed by atoms with Gasteiger partial charge in [0.2, 0.25) is 5.69 Å². The number of ether oxygens (including phenoxy) is 1. The maximum atomic E-state index is 11.1. The van der Waals surface area contributed by atoms with Crippen LogP contribution in [0.25, 0.3) is 0 Å². The van der Waals surface area contributed by atoms with Crippen molar-refractivity contribution in [3.05, 3.63) is 11.9 Å². The maximum absolute atomic E-state index is 11.1. The van der Waals surface area contributed by atoms with Gasteiger partial charge in [-0.05, 0) is 20.3 Å². The van der Waals surface area contributed by atoms with Crippen LogP contribution >= 0.6 is 0 Å². The van der Waals surface area contributed by atoms with Gasteiger partial charge >= 0.3 is 5.97 Å². The first-order chi connectivity index (χ1) is 7.86. The summed E-state index contributed by atoms with van der Waals surface area (Å²) >= 11 is 0. The summed E-state index contributed by atoms with van der Waals surface area (Å²) in [5.74, 6) is -0.281. The zero-order valence-corrected chi connectivity index (χ0v) is 11.4. The van der Waals surface area contributed by atoms with Crippen molar-refractivity contribution in [2.45, 2.75) is 52.7 Å². The quantitative estimate of drug-likeness (QED) is 0.576. The van der Waals surface area contributed by atoms with Crippen LogP contribution in [0.5, 0.6) is 0 Å². The third kappa shape index (κ3) is 3.54. The molecular formula is C12H22N3O2+. The zero-order valence-electron chi connectivity index (χ0n) is 11.4. The van der Waals surface area contributed by atoms with Gasteiger partial charge in [-0.25, -0.2) is 0 Å². The lowest BCUT2D eigenvalue weighted by Gasteiger charge is -2.20. The van der Waals surface area contributed by atoms with Crippen molar-refractivity contribution < 1.29 is 14.2 Å². The van der Waals surface area contributed by atoms with Gasteiger partial charge in [0.1, 0.15) is 13.6 Å². The molecular weight excluding hydrogens is 218 g/mol. The van der Waals surface area contributed by atoms with Gasteiger partial charge in [0, 0.05) is 6.92 Å². The summed E-state index contributed by atoms with van der Waals surface area (Å²) in [5.41, 5.74) is 0.245. The topological polar surface area (TPSA) is 48.0 Å². The van der Waals surface area contributed by atoms with Crippen molar-refractivity contribution in [3.8, 4) is 0 Å². The number of hydrogen-bond acceptors (Lipinski definition) is 3. The lowest BCUT2D eigenvalue weighted by atomic mass is 10.1. The normalized spacial score (nSPS) is 11.6. The minimum atomic E-state index is -0.648. The lowest BCUT2D eigenvalue weighted by molar-refractivity contribution is -0.755. The third-order valence-electron chi connectivity index (χ3n) is 2.63. The molecule has 0 amide bonds. The van der Waals surface area contributed by atoms with E-state index in [1.165, 1.54) is 6.92 Å². The molecule has 1 rings (SSSR count). The Hall–Kier alpha value is -1.39. The van der Waals surface area contributed by atoms with Gasteiger partial charge in [-0.1, -0.05) is 13.3 Å². The van der Waals surface area contributed by atoms with Gasteiger partial charge in [-0.15, -0.1) is 9.36 Å². The summed E-state index contributed by atoms with van der Waals surface area (Å²) in [6.45, 7) is 8.20. The van der Waals surface area contributed by atoms with Crippen LogP contribution in [-0.2, 0) is 28.7 Å². The molecule has 0 N–H and O–H groups in total. The average Bonchev–Trinajstić information content (AvgIpc) is 2.55. The molecule has 0 bridgehead atoms. The van der Waals surface area contributed by atoms with Gasteiger partial charge < -0.3 is 4.74 Å². The van der Waals surface area contributed by atoms with E-state index in [1.54, 1.807) is 4.68 Å². The van der Waals surface area contributed by atoms with Gasteiger partial charge in [-0.3, -0.25) is 4.79 Å². The van der Waals surface area contributed by atoms with Crippen LogP contribution in [0.3, 0.4) is 0 Å². The minimum Gasteiger partial charge on any atom is -0.451 e. The number of aryl methyl sites for hydroxylation is 2. The molecule has 0 saturated heterocycles. The first kappa shape index (κ1) is 13.7. The first-order valence-corrected chi connectivity index (χ1v) is 6.00. The van der Waals surface area contributed by atoms with Crippen molar-refractivity contribution in [2.24, 2.45) is 7.05 Å². The number of unbranched alkanes of at least 4 members (excludes halogenated alkanes) is 1. The van der Waals surface area contributed by atoms with Crippen molar-refractivity contribution in [1.82, 2.24) is 9.90 Å². The van der Waals surface area contributed by atoms with E-state index in [-0.39, 0.29) is 5.97 Å². The third-order valence-corrected chi connectivity index (χ3v) is 2.63. The Bertz CT molecular complexity index is 396. The minimum absolute atomic E-state index is 0.281. The van der Waals surface area contributed by atoms with Crippen LogP contribution in [0.1, 0.15) is 46.2 Å². The highest BCUT2D eigenvalue weighted by molar-refractivity contribution is 5.66. The second kappa shape index (κ2) is 5.29. The maximum Gasteiger partial charge on any atom is 0.303 e. The molecule has 0 unspecified atom stereocenters. The number of nitrogens with zero attached hydrogens (tertiary/aromatic N) is 3. The summed E-state index contributed by atoms with van der Waals surface area (Å²) in [6.07, 6.45) is 4.17. The lowest BCUT2D eigenvalue weighted by Crippen LogP contribution is -2.36. The van der Waals surface area contributed by atoms with E-state index in [0.29, 0.717) is 0 Å². The van der Waals surface area contributed by atoms with Crippen LogP contribution in [0.4, 0.5) is 0 Å². The average molecular weight is 240 g/mol. The fourth-order valence-electron chi connectivity index (χ4n) is 1.86. The van der Waals surface area contributed by atoms with Crippen molar-refractivity contribution >= 4 is 5.97 Å². The Morgan fingerprint density at radius 1 is 1.59 bits per heavy atom. The first-order valence-electron chi connectivity index (χ1n) is 6.00. The van der Waals surface area contributed by atoms with Gasteiger partial charge in [0.05, 0.1) is 5.21 Å². The van der Waals surface area contributed by atoms with Crippen molar-refractivity contribution in [2.75, 3.05) is 0 Å². The number of carbonyl (C=O) groups is 1. The number of hydrogen-bond donors (Lipinski definition) is 0. The molecule has 0 fully saturated rings. The van der Waals surface area contributed by atoms with E-state index in [4.69, 9.17) is 4.74 Å². The highest BCUT2D eigenvalue weighted by Gasteiger charge is 2.33. The van der Waals surface area contributed by atoms with Gasteiger partial charge in [0.25, 0.3) is 0 Å². The highest BCUT2D eigenvalue weighted by atomic mass is 16.6. The Kier molecular flexibility index (Phi) is 4.26. The fraction of sp³-hybridized carbons (Fsp3) is 0.750. The summed E-state index contributed by atoms with van der Waals surface area (Å²) in [5, 5.41) is 4.36. The van der Waals surface area contributed by atoms with Crippen LogP contribution in [0, 0.1) is 0 Å². The standard InChI is InChI=1S/C12H22N3O2/c1-6-7-8-15-9-11(14(5)13-15)12(3,4)17-10(2)16/h9H,6-8H2,1-5H3/q+1. The van der Waals surface area contributed by atoms with Gasteiger partial charge in [0.15, 0.2) is 11.8 Å². The van der Waals surface area contributed by atoms with E-state index in [1.807, 2.05) is 31.8 Å². The molecule has 1 heterocycles. The SMILES string of the molecule is CCCC[n+]1cc(C(C)(C)OC(C)=O)n(C)n1.